The molecule has 100 valence electrons. The van der Waals surface area contributed by atoms with Crippen LogP contribution in [0.2, 0.25) is 10.2 Å². The number of aromatic nitrogens is 2. The van der Waals surface area contributed by atoms with Gasteiger partial charge in [0.25, 0.3) is 0 Å². The lowest BCUT2D eigenvalue weighted by Gasteiger charge is -2.08. The van der Waals surface area contributed by atoms with Gasteiger partial charge in [-0.15, -0.1) is 0 Å². The van der Waals surface area contributed by atoms with Crippen molar-refractivity contribution in [2.24, 2.45) is 0 Å². The molecule has 0 bridgehead atoms. The van der Waals surface area contributed by atoms with Crippen molar-refractivity contribution in [3.63, 3.8) is 0 Å². The van der Waals surface area contributed by atoms with E-state index in [4.69, 9.17) is 27.9 Å². The number of rotatable bonds is 4. The van der Waals surface area contributed by atoms with E-state index < -0.39 is 5.82 Å². The van der Waals surface area contributed by atoms with Crippen molar-refractivity contribution in [3.05, 3.63) is 46.1 Å². The van der Waals surface area contributed by atoms with Crippen LogP contribution in [0.5, 0.6) is 11.6 Å². The molecule has 0 radical (unpaired) electrons. The molecule has 0 fully saturated rings. The molecule has 0 aliphatic heterocycles. The molecule has 0 aliphatic rings. The van der Waals surface area contributed by atoms with Crippen molar-refractivity contribution in [1.82, 2.24) is 9.97 Å². The Morgan fingerprint density at radius 3 is 2.74 bits per heavy atom. The Balaban J connectivity index is 2.29. The van der Waals surface area contributed by atoms with Crippen LogP contribution >= 0.6 is 23.2 Å². The largest absolute Gasteiger partial charge is 0.437 e. The van der Waals surface area contributed by atoms with Gasteiger partial charge in [-0.3, -0.25) is 0 Å². The highest BCUT2D eigenvalue weighted by atomic mass is 35.5. The maximum absolute atomic E-state index is 13.1. The van der Waals surface area contributed by atoms with Gasteiger partial charge < -0.3 is 4.74 Å². The molecular weight excluding hydrogens is 290 g/mol. The molecule has 6 heteroatoms. The van der Waals surface area contributed by atoms with E-state index in [2.05, 4.69) is 9.97 Å². The topological polar surface area (TPSA) is 35.0 Å². The molecule has 19 heavy (non-hydrogen) atoms. The molecule has 0 aliphatic carbocycles. The Bertz CT molecular complexity index is 593. The van der Waals surface area contributed by atoms with E-state index in [0.717, 1.165) is 6.42 Å². The highest BCUT2D eigenvalue weighted by Crippen LogP contribution is 2.29. The predicted molar refractivity (Wildman–Crippen MR) is 72.5 cm³/mol. The number of ether oxygens (including phenoxy) is 1. The Hall–Kier alpha value is -1.39. The van der Waals surface area contributed by atoms with Crippen LogP contribution in [-0.2, 0) is 6.42 Å². The van der Waals surface area contributed by atoms with Gasteiger partial charge in [0, 0.05) is 18.6 Å². The smallest absolute Gasteiger partial charge is 0.224 e. The van der Waals surface area contributed by atoms with Gasteiger partial charge in [-0.1, -0.05) is 30.1 Å². The highest BCUT2D eigenvalue weighted by Gasteiger charge is 2.08. The highest BCUT2D eigenvalue weighted by molar-refractivity contribution is 6.32. The second-order valence-electron chi connectivity index (χ2n) is 3.87. The molecule has 0 spiro atoms. The van der Waals surface area contributed by atoms with E-state index >= 15 is 0 Å². The minimum atomic E-state index is -0.437. The number of benzene rings is 1. The van der Waals surface area contributed by atoms with Gasteiger partial charge in [-0.05, 0) is 18.6 Å². The number of hydrogen-bond donors (Lipinski definition) is 0. The molecule has 0 N–H and O–H groups in total. The predicted octanol–water partition coefficient (Wildman–Crippen LogP) is 4.67. The Morgan fingerprint density at radius 1 is 1.21 bits per heavy atom. The van der Waals surface area contributed by atoms with Crippen molar-refractivity contribution in [3.8, 4) is 11.6 Å². The number of hydrogen-bond acceptors (Lipinski definition) is 3. The van der Waals surface area contributed by atoms with E-state index in [-0.39, 0.29) is 16.8 Å². The van der Waals surface area contributed by atoms with Crippen molar-refractivity contribution in [2.45, 2.75) is 19.8 Å². The van der Waals surface area contributed by atoms with E-state index in [1.807, 2.05) is 6.92 Å². The Labute approximate surface area is 120 Å². The lowest BCUT2D eigenvalue weighted by Crippen LogP contribution is -1.98. The lowest BCUT2D eigenvalue weighted by molar-refractivity contribution is 0.454. The van der Waals surface area contributed by atoms with Gasteiger partial charge in [0.1, 0.15) is 16.8 Å². The van der Waals surface area contributed by atoms with E-state index in [9.17, 15) is 4.39 Å². The molecule has 2 aromatic rings. The van der Waals surface area contributed by atoms with Gasteiger partial charge in [0.2, 0.25) is 5.88 Å². The van der Waals surface area contributed by atoms with Gasteiger partial charge in [-0.2, -0.15) is 4.98 Å². The lowest BCUT2D eigenvalue weighted by atomic mass is 10.3. The second-order valence-corrected chi connectivity index (χ2v) is 4.67. The Kier molecular flexibility index (Phi) is 4.56. The first-order valence-corrected chi connectivity index (χ1v) is 6.50. The minimum Gasteiger partial charge on any atom is -0.437 e. The summed E-state index contributed by atoms with van der Waals surface area (Å²) in [5.74, 6) is 0.584. The molecule has 0 saturated carbocycles. The van der Waals surface area contributed by atoms with Crippen molar-refractivity contribution < 1.29 is 9.13 Å². The third-order valence-electron chi connectivity index (χ3n) is 2.30. The molecule has 1 heterocycles. The molecular formula is C13H11Cl2FN2O. The minimum absolute atomic E-state index is 0.193. The molecule has 0 unspecified atom stereocenters. The third kappa shape index (κ3) is 3.78. The van der Waals surface area contributed by atoms with Gasteiger partial charge >= 0.3 is 0 Å². The van der Waals surface area contributed by atoms with Crippen LogP contribution in [0.4, 0.5) is 4.39 Å². The summed E-state index contributed by atoms with van der Waals surface area (Å²) in [5, 5.41) is 0.578. The average Bonchev–Trinajstić information content (AvgIpc) is 2.33. The average molecular weight is 301 g/mol. The summed E-state index contributed by atoms with van der Waals surface area (Å²) in [6.07, 6.45) is 1.58. The summed E-state index contributed by atoms with van der Waals surface area (Å²) >= 11 is 11.8. The summed E-state index contributed by atoms with van der Waals surface area (Å²) < 4.78 is 18.6. The van der Waals surface area contributed by atoms with Crippen molar-refractivity contribution in [1.29, 1.82) is 0 Å². The van der Waals surface area contributed by atoms with Crippen LogP contribution < -0.4 is 4.74 Å². The third-order valence-corrected chi connectivity index (χ3v) is 2.80. The zero-order valence-corrected chi connectivity index (χ0v) is 11.7. The number of aryl methyl sites for hydroxylation is 1. The molecule has 0 saturated heterocycles. The normalized spacial score (nSPS) is 10.5. The first kappa shape index (κ1) is 14.0. The van der Waals surface area contributed by atoms with E-state index in [1.165, 1.54) is 24.3 Å². The zero-order chi connectivity index (χ0) is 13.8. The van der Waals surface area contributed by atoms with Crippen LogP contribution in [-0.4, -0.2) is 9.97 Å². The van der Waals surface area contributed by atoms with E-state index in [0.29, 0.717) is 17.3 Å². The summed E-state index contributed by atoms with van der Waals surface area (Å²) in [6.45, 7) is 2.01. The summed E-state index contributed by atoms with van der Waals surface area (Å²) in [6, 6.07) is 5.33. The van der Waals surface area contributed by atoms with E-state index in [1.54, 1.807) is 0 Å². The fourth-order valence-electron chi connectivity index (χ4n) is 1.50. The van der Waals surface area contributed by atoms with Crippen molar-refractivity contribution >= 4 is 23.2 Å². The summed E-state index contributed by atoms with van der Waals surface area (Å²) in [4.78, 5) is 8.26. The Morgan fingerprint density at radius 2 is 2.00 bits per heavy atom. The number of halogens is 3. The van der Waals surface area contributed by atoms with Crippen LogP contribution in [0, 0.1) is 5.82 Å². The zero-order valence-electron chi connectivity index (χ0n) is 10.2. The molecule has 0 atom stereocenters. The van der Waals surface area contributed by atoms with Gasteiger partial charge in [0.15, 0.2) is 5.75 Å². The van der Waals surface area contributed by atoms with Gasteiger partial charge in [-0.25, -0.2) is 9.37 Å². The molecule has 3 nitrogen and oxygen atoms in total. The number of nitrogens with zero attached hydrogens (tertiary/aromatic N) is 2. The first-order valence-electron chi connectivity index (χ1n) is 5.75. The SMILES string of the molecule is CCCc1nc(Cl)cc(Oc2cc(F)ccc2Cl)n1. The second kappa shape index (κ2) is 6.17. The summed E-state index contributed by atoms with van der Waals surface area (Å²) in [5.41, 5.74) is 0. The summed E-state index contributed by atoms with van der Waals surface area (Å²) in [7, 11) is 0. The quantitative estimate of drug-likeness (QED) is 0.770. The fourth-order valence-corrected chi connectivity index (χ4v) is 1.84. The fraction of sp³-hybridized carbons (Fsp3) is 0.231. The van der Waals surface area contributed by atoms with Crippen LogP contribution in [0.1, 0.15) is 19.2 Å². The van der Waals surface area contributed by atoms with Crippen LogP contribution in [0.15, 0.2) is 24.3 Å². The van der Waals surface area contributed by atoms with Crippen LogP contribution in [0.25, 0.3) is 0 Å². The maximum Gasteiger partial charge on any atom is 0.224 e. The molecule has 1 aromatic heterocycles. The standard InChI is InChI=1S/C13H11Cl2FN2O/c1-2-3-12-17-11(15)7-13(18-12)19-10-6-8(16)4-5-9(10)14/h4-7H,2-3H2,1H3. The van der Waals surface area contributed by atoms with Crippen molar-refractivity contribution in [2.75, 3.05) is 0 Å². The van der Waals surface area contributed by atoms with Crippen LogP contribution in [0.3, 0.4) is 0 Å². The monoisotopic (exact) mass is 300 g/mol. The molecule has 1 aromatic carbocycles. The molecule has 0 amide bonds. The first-order chi connectivity index (χ1) is 9.08. The molecule has 2 rings (SSSR count). The van der Waals surface area contributed by atoms with Gasteiger partial charge in [0.05, 0.1) is 5.02 Å². The maximum atomic E-state index is 13.1.